The molecule has 1 saturated heterocycles. The summed E-state index contributed by atoms with van der Waals surface area (Å²) >= 11 is 6.40. The highest BCUT2D eigenvalue weighted by molar-refractivity contribution is 6.32. The van der Waals surface area contributed by atoms with Crippen molar-refractivity contribution in [1.82, 2.24) is 14.5 Å². The summed E-state index contributed by atoms with van der Waals surface area (Å²) in [6.45, 7) is 7.40. The summed E-state index contributed by atoms with van der Waals surface area (Å²) < 4.78 is 7.28. The second kappa shape index (κ2) is 10.4. The number of rotatable bonds is 8. The number of anilines is 3. The number of hydrogen-bond acceptors (Lipinski definition) is 7. The van der Waals surface area contributed by atoms with Gasteiger partial charge in [-0.1, -0.05) is 18.5 Å². The normalized spacial score (nSPS) is 14.0. The van der Waals surface area contributed by atoms with E-state index in [1.165, 1.54) is 6.42 Å². The van der Waals surface area contributed by atoms with Crippen molar-refractivity contribution in [3.63, 3.8) is 0 Å². The maximum atomic E-state index is 13.0. The minimum absolute atomic E-state index is 0.0612. The zero-order chi connectivity index (χ0) is 24.2. The molecule has 8 nitrogen and oxygen atoms in total. The molecule has 0 amide bonds. The van der Waals surface area contributed by atoms with Crippen LogP contribution in [0.3, 0.4) is 0 Å². The van der Waals surface area contributed by atoms with Gasteiger partial charge in [0.1, 0.15) is 11.6 Å². The van der Waals surface area contributed by atoms with Gasteiger partial charge >= 0.3 is 0 Å². The van der Waals surface area contributed by atoms with E-state index in [1.54, 1.807) is 23.8 Å². The summed E-state index contributed by atoms with van der Waals surface area (Å²) in [5.74, 6) is 1.29. The maximum Gasteiger partial charge on any atom is 0.293 e. The number of Topliss-reactive ketones (excluding diaryl/α,β-unsaturated/α-hetero) is 1. The van der Waals surface area contributed by atoms with E-state index in [-0.39, 0.29) is 29.7 Å². The van der Waals surface area contributed by atoms with Crippen LogP contribution in [0.15, 0.2) is 35.3 Å². The molecular formula is C25H30ClN5O3. The Labute approximate surface area is 203 Å². The van der Waals surface area contributed by atoms with Crippen LogP contribution in [-0.4, -0.2) is 40.0 Å². The van der Waals surface area contributed by atoms with Crippen LogP contribution in [0, 0.1) is 0 Å². The number of fused-ring (bicyclic) bond motifs is 1. The molecule has 0 radical (unpaired) electrons. The van der Waals surface area contributed by atoms with Crippen LogP contribution in [0.25, 0.3) is 10.9 Å². The molecule has 180 valence electrons. The summed E-state index contributed by atoms with van der Waals surface area (Å²) in [6.07, 6.45) is 5.47. The highest BCUT2D eigenvalue weighted by Gasteiger charge is 2.17. The zero-order valence-corrected chi connectivity index (χ0v) is 20.6. The van der Waals surface area contributed by atoms with E-state index in [4.69, 9.17) is 16.3 Å². The van der Waals surface area contributed by atoms with Gasteiger partial charge in [0, 0.05) is 36.6 Å². The summed E-state index contributed by atoms with van der Waals surface area (Å²) in [5, 5.41) is 4.52. The molecule has 2 aromatic heterocycles. The van der Waals surface area contributed by atoms with Crippen LogP contribution in [0.2, 0.25) is 5.02 Å². The molecular weight excluding hydrogens is 454 g/mol. The Kier molecular flexibility index (Phi) is 7.36. The molecule has 9 heteroatoms. The molecule has 1 aliphatic heterocycles. The molecule has 0 bridgehead atoms. The average Bonchev–Trinajstić information content (AvgIpc) is 2.84. The second-order valence-corrected chi connectivity index (χ2v) is 9.18. The monoisotopic (exact) mass is 483 g/mol. The first-order valence-electron chi connectivity index (χ1n) is 11.8. The van der Waals surface area contributed by atoms with Crippen LogP contribution < -0.4 is 20.5 Å². The van der Waals surface area contributed by atoms with E-state index >= 15 is 0 Å². The average molecular weight is 484 g/mol. The summed E-state index contributed by atoms with van der Waals surface area (Å²) in [4.78, 5) is 36.0. The van der Waals surface area contributed by atoms with E-state index in [2.05, 4.69) is 20.2 Å². The van der Waals surface area contributed by atoms with Crippen molar-refractivity contribution in [2.24, 2.45) is 0 Å². The van der Waals surface area contributed by atoms with E-state index in [1.807, 2.05) is 32.0 Å². The van der Waals surface area contributed by atoms with Gasteiger partial charge in [-0.25, -0.2) is 4.98 Å². The first kappa shape index (κ1) is 24.0. The molecule has 1 N–H and O–H groups in total. The largest absolute Gasteiger partial charge is 0.480 e. The molecule has 1 fully saturated rings. The fourth-order valence-corrected chi connectivity index (χ4v) is 4.24. The Bertz CT molecular complexity index is 1250. The van der Waals surface area contributed by atoms with Crippen LogP contribution in [-0.2, 0) is 4.79 Å². The van der Waals surface area contributed by atoms with Crippen molar-refractivity contribution < 1.29 is 9.53 Å². The maximum absolute atomic E-state index is 13.0. The third-order valence-electron chi connectivity index (χ3n) is 5.94. The molecule has 1 aromatic carbocycles. The summed E-state index contributed by atoms with van der Waals surface area (Å²) in [7, 11) is 0. The lowest BCUT2D eigenvalue weighted by atomic mass is 10.1. The third-order valence-corrected chi connectivity index (χ3v) is 6.21. The van der Waals surface area contributed by atoms with E-state index in [9.17, 15) is 9.59 Å². The Balaban J connectivity index is 1.68. The molecule has 1 aliphatic rings. The van der Waals surface area contributed by atoms with Gasteiger partial charge in [-0.05, 0) is 57.4 Å². The molecule has 34 heavy (non-hydrogen) atoms. The molecule has 3 aromatic rings. The summed E-state index contributed by atoms with van der Waals surface area (Å²) in [5.41, 5.74) is 1.29. The number of piperidine rings is 1. The van der Waals surface area contributed by atoms with Crippen molar-refractivity contribution in [1.29, 1.82) is 0 Å². The van der Waals surface area contributed by atoms with Crippen molar-refractivity contribution in [3.05, 3.63) is 45.8 Å². The third kappa shape index (κ3) is 5.17. The number of hydrogen-bond donors (Lipinski definition) is 1. The van der Waals surface area contributed by atoms with Crippen LogP contribution in [0.1, 0.15) is 52.5 Å². The van der Waals surface area contributed by atoms with Gasteiger partial charge in [-0.15, -0.1) is 0 Å². The van der Waals surface area contributed by atoms with Gasteiger partial charge < -0.3 is 19.5 Å². The number of aromatic nitrogens is 3. The molecule has 0 saturated carbocycles. The quantitative estimate of drug-likeness (QED) is 0.475. The number of pyridine rings is 1. The van der Waals surface area contributed by atoms with Crippen molar-refractivity contribution in [2.45, 2.75) is 52.5 Å². The molecule has 0 unspecified atom stereocenters. The lowest BCUT2D eigenvalue weighted by Crippen LogP contribution is -2.31. The van der Waals surface area contributed by atoms with Gasteiger partial charge in [-0.3, -0.25) is 9.59 Å². The van der Waals surface area contributed by atoms with Gasteiger partial charge in [-0.2, -0.15) is 4.98 Å². The zero-order valence-electron chi connectivity index (χ0n) is 19.8. The number of carbonyl (C=O) groups excluding carboxylic acids is 1. The van der Waals surface area contributed by atoms with Crippen LogP contribution >= 0.6 is 11.6 Å². The molecule has 0 atom stereocenters. The predicted molar refractivity (Wildman–Crippen MR) is 136 cm³/mol. The minimum Gasteiger partial charge on any atom is -0.480 e. The number of carbonyl (C=O) groups is 1. The highest BCUT2D eigenvalue weighted by Crippen LogP contribution is 2.29. The smallest absolute Gasteiger partial charge is 0.293 e. The Hall–Kier alpha value is -3.13. The van der Waals surface area contributed by atoms with Gasteiger partial charge in [0.15, 0.2) is 17.4 Å². The Morgan fingerprint density at radius 1 is 1.21 bits per heavy atom. The number of nitrogens with one attached hydrogen (secondary N) is 1. The molecule has 3 heterocycles. The first-order chi connectivity index (χ1) is 16.4. The lowest BCUT2D eigenvalue weighted by molar-refractivity contribution is -0.120. The van der Waals surface area contributed by atoms with Crippen LogP contribution in [0.5, 0.6) is 5.75 Å². The Morgan fingerprint density at radius 2 is 1.97 bits per heavy atom. The predicted octanol–water partition coefficient (Wildman–Crippen LogP) is 5.12. The minimum atomic E-state index is -0.253. The van der Waals surface area contributed by atoms with Gasteiger partial charge in [0.2, 0.25) is 5.95 Å². The number of ketones is 1. The fraction of sp³-hybridized carbons (Fsp3) is 0.440. The summed E-state index contributed by atoms with van der Waals surface area (Å²) in [6, 6.07) is 7.30. The number of nitrogens with zero attached hydrogens (tertiary/aromatic N) is 4. The molecule has 0 spiro atoms. The van der Waals surface area contributed by atoms with Gasteiger partial charge in [0.05, 0.1) is 11.7 Å². The molecule has 0 aliphatic carbocycles. The highest BCUT2D eigenvalue weighted by atomic mass is 35.5. The fourth-order valence-electron chi connectivity index (χ4n) is 4.10. The molecule has 4 rings (SSSR count). The van der Waals surface area contributed by atoms with Crippen LogP contribution in [0.4, 0.5) is 17.5 Å². The number of benzene rings is 1. The lowest BCUT2D eigenvalue weighted by Gasteiger charge is -2.27. The van der Waals surface area contributed by atoms with E-state index in [0.29, 0.717) is 23.2 Å². The standard InChI is InChI=1S/C25H30ClN5O3/c1-4-19(32)15-34-22-13-17-12-18(8-9-21(17)31(16(2)3)24(22)33)28-23-20(26)14-27-25(29-23)30-10-6-5-7-11-30/h8-9,12-14,16H,4-7,10-11,15H2,1-3H3,(H,27,28,29). The van der Waals surface area contributed by atoms with E-state index < -0.39 is 0 Å². The van der Waals surface area contributed by atoms with Crippen molar-refractivity contribution in [2.75, 3.05) is 29.9 Å². The second-order valence-electron chi connectivity index (χ2n) is 8.77. The van der Waals surface area contributed by atoms with Crippen molar-refractivity contribution >= 4 is 45.7 Å². The number of ether oxygens (including phenoxy) is 1. The number of halogens is 1. The first-order valence-corrected chi connectivity index (χ1v) is 12.1. The Morgan fingerprint density at radius 3 is 2.68 bits per heavy atom. The topological polar surface area (TPSA) is 89.3 Å². The SMILES string of the molecule is CCC(=O)COc1cc2cc(Nc3nc(N4CCCCC4)ncc3Cl)ccc2n(C(C)C)c1=O. The van der Waals surface area contributed by atoms with Crippen molar-refractivity contribution in [3.8, 4) is 5.75 Å². The van der Waals surface area contributed by atoms with Gasteiger partial charge in [0.25, 0.3) is 5.56 Å². The van der Waals surface area contributed by atoms with E-state index in [0.717, 1.165) is 42.5 Å².